The number of aromatic nitrogens is 2. The van der Waals surface area contributed by atoms with Crippen molar-refractivity contribution in [1.82, 2.24) is 25.3 Å². The van der Waals surface area contributed by atoms with Crippen molar-refractivity contribution in [1.29, 1.82) is 0 Å². The molecule has 0 bridgehead atoms. The number of amides is 1. The highest BCUT2D eigenvalue weighted by atomic mass is 127. The van der Waals surface area contributed by atoms with E-state index in [0.29, 0.717) is 19.5 Å². The van der Waals surface area contributed by atoms with E-state index >= 15 is 0 Å². The number of carbonyl (C=O) groups is 1. The minimum absolute atomic E-state index is 0. The van der Waals surface area contributed by atoms with Crippen LogP contribution in [0.25, 0.3) is 0 Å². The van der Waals surface area contributed by atoms with Gasteiger partial charge in [-0.15, -0.1) is 24.0 Å². The summed E-state index contributed by atoms with van der Waals surface area (Å²) in [4.78, 5) is 18.8. The second kappa shape index (κ2) is 12.5. The lowest BCUT2D eigenvalue weighted by atomic mass is 10.1. The normalized spacial score (nSPS) is 13.8. The highest BCUT2D eigenvalue weighted by Gasteiger charge is 2.17. The van der Waals surface area contributed by atoms with Crippen molar-refractivity contribution in [2.75, 3.05) is 26.2 Å². The average Bonchev–Trinajstić information content (AvgIpc) is 3.41. The molecule has 1 fully saturated rings. The van der Waals surface area contributed by atoms with Gasteiger partial charge in [-0.3, -0.25) is 9.48 Å². The number of halogens is 1. The number of hydrogen-bond donors (Lipinski definition) is 2. The Morgan fingerprint density at radius 3 is 2.59 bits per heavy atom. The van der Waals surface area contributed by atoms with Crippen LogP contribution < -0.4 is 10.6 Å². The summed E-state index contributed by atoms with van der Waals surface area (Å²) in [7, 11) is 0. The van der Waals surface area contributed by atoms with E-state index in [0.717, 1.165) is 45.0 Å². The second-order valence-corrected chi connectivity index (χ2v) is 6.93. The Hall–Kier alpha value is -2.10. The van der Waals surface area contributed by atoms with Crippen LogP contribution >= 0.6 is 24.0 Å². The van der Waals surface area contributed by atoms with Gasteiger partial charge in [-0.05, 0) is 37.0 Å². The van der Waals surface area contributed by atoms with Crippen LogP contribution in [0.3, 0.4) is 0 Å². The number of carbonyl (C=O) groups excluding carboxylic acids is 1. The summed E-state index contributed by atoms with van der Waals surface area (Å²) in [5, 5.41) is 10.8. The van der Waals surface area contributed by atoms with Crippen LogP contribution in [0.4, 0.5) is 0 Å². The van der Waals surface area contributed by atoms with Gasteiger partial charge in [0.1, 0.15) is 0 Å². The van der Waals surface area contributed by atoms with Crippen molar-refractivity contribution in [3.8, 4) is 0 Å². The number of rotatable bonds is 8. The fourth-order valence-corrected chi connectivity index (χ4v) is 3.35. The van der Waals surface area contributed by atoms with Gasteiger partial charge in [0.25, 0.3) is 0 Å². The first-order valence-corrected chi connectivity index (χ1v) is 10.1. The Labute approximate surface area is 190 Å². The van der Waals surface area contributed by atoms with E-state index in [9.17, 15) is 4.79 Å². The predicted molar refractivity (Wildman–Crippen MR) is 126 cm³/mol. The van der Waals surface area contributed by atoms with Gasteiger partial charge < -0.3 is 15.5 Å². The van der Waals surface area contributed by atoms with Crippen molar-refractivity contribution >= 4 is 35.8 Å². The van der Waals surface area contributed by atoms with Crippen molar-refractivity contribution in [3.05, 3.63) is 53.9 Å². The molecular weight excluding hydrogens is 479 g/mol. The molecule has 2 aromatic rings. The fourth-order valence-electron chi connectivity index (χ4n) is 3.35. The van der Waals surface area contributed by atoms with E-state index in [1.807, 2.05) is 40.9 Å². The molecule has 0 aliphatic carbocycles. The standard InChI is InChI=1S/C21H30N6O.HI/c1-2-22-21(23-12-10-20(28)26-13-5-6-14-26)24-16-18-8-3-4-9-19(18)17-27-15-7-11-25-27;/h3-4,7-9,11,15H,2,5-6,10,12-14,16-17H2,1H3,(H2,22,23,24);1H. The maximum absolute atomic E-state index is 12.2. The molecule has 1 saturated heterocycles. The van der Waals surface area contributed by atoms with Gasteiger partial charge >= 0.3 is 0 Å². The topological polar surface area (TPSA) is 74.5 Å². The smallest absolute Gasteiger partial charge is 0.224 e. The van der Waals surface area contributed by atoms with Gasteiger partial charge in [0.2, 0.25) is 5.91 Å². The monoisotopic (exact) mass is 510 g/mol. The van der Waals surface area contributed by atoms with Crippen molar-refractivity contribution in [2.24, 2.45) is 4.99 Å². The molecule has 29 heavy (non-hydrogen) atoms. The maximum Gasteiger partial charge on any atom is 0.224 e. The predicted octanol–water partition coefficient (Wildman–Crippen LogP) is 2.62. The Bertz CT molecular complexity index is 771. The molecule has 0 spiro atoms. The van der Waals surface area contributed by atoms with E-state index in [1.165, 1.54) is 11.1 Å². The van der Waals surface area contributed by atoms with Gasteiger partial charge in [0.05, 0.1) is 13.1 Å². The van der Waals surface area contributed by atoms with E-state index in [2.05, 4.69) is 27.9 Å². The molecule has 2 heterocycles. The summed E-state index contributed by atoms with van der Waals surface area (Å²) in [6, 6.07) is 10.2. The van der Waals surface area contributed by atoms with Crippen molar-refractivity contribution in [2.45, 2.75) is 39.3 Å². The van der Waals surface area contributed by atoms with Gasteiger partial charge in [0.15, 0.2) is 5.96 Å². The molecule has 1 aliphatic rings. The molecule has 3 rings (SSSR count). The molecule has 1 aromatic carbocycles. The molecule has 8 heteroatoms. The van der Waals surface area contributed by atoms with Gasteiger partial charge in [-0.25, -0.2) is 4.99 Å². The Kier molecular flexibility index (Phi) is 9.96. The number of hydrogen-bond acceptors (Lipinski definition) is 3. The SMILES string of the molecule is CCNC(=NCc1ccccc1Cn1cccn1)NCCC(=O)N1CCCC1.I. The summed E-state index contributed by atoms with van der Waals surface area (Å²) in [6.45, 7) is 6.52. The lowest BCUT2D eigenvalue weighted by Gasteiger charge is -2.16. The molecule has 0 atom stereocenters. The maximum atomic E-state index is 12.2. The van der Waals surface area contributed by atoms with Crippen LogP contribution in [-0.4, -0.2) is 52.7 Å². The summed E-state index contributed by atoms with van der Waals surface area (Å²) in [6.07, 6.45) is 6.50. The fraction of sp³-hybridized carbons (Fsp3) is 0.476. The Morgan fingerprint density at radius 1 is 1.14 bits per heavy atom. The minimum atomic E-state index is 0. The molecule has 1 aromatic heterocycles. The zero-order valence-corrected chi connectivity index (χ0v) is 19.3. The number of likely N-dealkylation sites (tertiary alicyclic amines) is 1. The highest BCUT2D eigenvalue weighted by molar-refractivity contribution is 14.0. The van der Waals surface area contributed by atoms with Crippen LogP contribution in [-0.2, 0) is 17.9 Å². The van der Waals surface area contributed by atoms with Gasteiger partial charge in [0, 0.05) is 45.0 Å². The summed E-state index contributed by atoms with van der Waals surface area (Å²) in [5.41, 5.74) is 2.37. The van der Waals surface area contributed by atoms with Crippen LogP contribution in [0.1, 0.15) is 37.3 Å². The summed E-state index contributed by atoms with van der Waals surface area (Å²) in [5.74, 6) is 0.969. The molecule has 158 valence electrons. The summed E-state index contributed by atoms with van der Waals surface area (Å²) < 4.78 is 1.91. The first-order valence-electron chi connectivity index (χ1n) is 10.1. The number of benzene rings is 1. The molecule has 2 N–H and O–H groups in total. The zero-order chi connectivity index (χ0) is 19.6. The Morgan fingerprint density at radius 2 is 1.90 bits per heavy atom. The van der Waals surface area contributed by atoms with E-state index in [-0.39, 0.29) is 29.9 Å². The highest BCUT2D eigenvalue weighted by Crippen LogP contribution is 2.12. The van der Waals surface area contributed by atoms with Crippen LogP contribution in [0.5, 0.6) is 0 Å². The van der Waals surface area contributed by atoms with Gasteiger partial charge in [-0.1, -0.05) is 24.3 Å². The van der Waals surface area contributed by atoms with Gasteiger partial charge in [-0.2, -0.15) is 5.10 Å². The third-order valence-electron chi connectivity index (χ3n) is 4.85. The van der Waals surface area contributed by atoms with E-state index in [4.69, 9.17) is 4.99 Å². The van der Waals surface area contributed by atoms with Crippen LogP contribution in [0.15, 0.2) is 47.7 Å². The number of nitrogens with one attached hydrogen (secondary N) is 2. The van der Waals surface area contributed by atoms with E-state index < -0.39 is 0 Å². The number of nitrogens with zero attached hydrogens (tertiary/aromatic N) is 4. The molecule has 0 radical (unpaired) electrons. The lowest BCUT2D eigenvalue weighted by molar-refractivity contribution is -0.129. The molecule has 0 saturated carbocycles. The van der Waals surface area contributed by atoms with E-state index in [1.54, 1.807) is 6.20 Å². The Balaban J connectivity index is 0.00000300. The van der Waals surface area contributed by atoms with Crippen molar-refractivity contribution < 1.29 is 4.79 Å². The summed E-state index contributed by atoms with van der Waals surface area (Å²) >= 11 is 0. The quantitative estimate of drug-likeness (QED) is 0.326. The molecule has 1 amide bonds. The lowest BCUT2D eigenvalue weighted by Crippen LogP contribution is -2.39. The first-order chi connectivity index (χ1) is 13.8. The number of guanidine groups is 1. The van der Waals surface area contributed by atoms with Crippen molar-refractivity contribution in [3.63, 3.8) is 0 Å². The molecule has 0 unspecified atom stereocenters. The zero-order valence-electron chi connectivity index (χ0n) is 17.0. The van der Waals surface area contributed by atoms with Crippen LogP contribution in [0.2, 0.25) is 0 Å². The number of aliphatic imine (C=N–C) groups is 1. The third-order valence-corrected chi connectivity index (χ3v) is 4.85. The molecule has 7 nitrogen and oxygen atoms in total. The first kappa shape index (κ1) is 23.2. The van der Waals surface area contributed by atoms with Crippen LogP contribution in [0, 0.1) is 0 Å². The molecular formula is C21H31IN6O. The largest absolute Gasteiger partial charge is 0.357 e. The minimum Gasteiger partial charge on any atom is -0.357 e. The molecule has 1 aliphatic heterocycles. The third kappa shape index (κ3) is 7.34. The average molecular weight is 510 g/mol. The second-order valence-electron chi connectivity index (χ2n) is 6.93.